The second-order valence-corrected chi connectivity index (χ2v) is 5.70. The van der Waals surface area contributed by atoms with E-state index in [1.165, 1.54) is 0 Å². The van der Waals surface area contributed by atoms with Crippen LogP contribution >= 0.6 is 11.6 Å². The summed E-state index contributed by atoms with van der Waals surface area (Å²) in [4.78, 5) is 16.3. The standard InChI is InChI=1S/C17H16ClN3O/c1-21-11-20-15-8-13(5-6-16(15)21)10-19-17(22)9-12-3-2-4-14(18)7-12/h2-8,11H,9-10H2,1H3,(H,19,22). The number of aryl methyl sites for hydroxylation is 1. The fourth-order valence-electron chi connectivity index (χ4n) is 2.39. The van der Waals surface area contributed by atoms with Gasteiger partial charge in [-0.15, -0.1) is 0 Å². The third-order valence-corrected chi connectivity index (χ3v) is 3.77. The lowest BCUT2D eigenvalue weighted by Gasteiger charge is -2.06. The summed E-state index contributed by atoms with van der Waals surface area (Å²) in [6, 6.07) is 13.4. The van der Waals surface area contributed by atoms with E-state index in [0.717, 1.165) is 22.2 Å². The van der Waals surface area contributed by atoms with Gasteiger partial charge in [0, 0.05) is 18.6 Å². The van der Waals surface area contributed by atoms with E-state index in [1.54, 1.807) is 18.5 Å². The van der Waals surface area contributed by atoms with Crippen LogP contribution in [0.1, 0.15) is 11.1 Å². The molecule has 0 aliphatic carbocycles. The Kier molecular flexibility index (Phi) is 4.11. The molecular weight excluding hydrogens is 298 g/mol. The smallest absolute Gasteiger partial charge is 0.224 e. The minimum absolute atomic E-state index is 0.0246. The molecule has 1 amide bonds. The number of halogens is 1. The highest BCUT2D eigenvalue weighted by molar-refractivity contribution is 6.30. The van der Waals surface area contributed by atoms with Crippen molar-refractivity contribution in [3.8, 4) is 0 Å². The number of imidazole rings is 1. The minimum atomic E-state index is -0.0246. The maximum atomic E-state index is 12.0. The molecule has 0 saturated carbocycles. The fourth-order valence-corrected chi connectivity index (χ4v) is 2.60. The SMILES string of the molecule is Cn1cnc2cc(CNC(=O)Cc3cccc(Cl)c3)ccc21. The first-order valence-corrected chi connectivity index (χ1v) is 7.41. The van der Waals surface area contributed by atoms with Crippen molar-refractivity contribution in [2.24, 2.45) is 7.05 Å². The first-order valence-electron chi connectivity index (χ1n) is 7.03. The van der Waals surface area contributed by atoms with Gasteiger partial charge in [0.15, 0.2) is 0 Å². The van der Waals surface area contributed by atoms with Crippen molar-refractivity contribution in [2.45, 2.75) is 13.0 Å². The molecule has 0 radical (unpaired) electrons. The van der Waals surface area contributed by atoms with Gasteiger partial charge in [0.05, 0.1) is 23.8 Å². The van der Waals surface area contributed by atoms with E-state index in [2.05, 4.69) is 10.3 Å². The van der Waals surface area contributed by atoms with E-state index in [-0.39, 0.29) is 5.91 Å². The molecule has 0 aliphatic heterocycles. The number of amides is 1. The average Bonchev–Trinajstić information content (AvgIpc) is 2.86. The van der Waals surface area contributed by atoms with Crippen LogP contribution < -0.4 is 5.32 Å². The van der Waals surface area contributed by atoms with Crippen LogP contribution in [0.25, 0.3) is 11.0 Å². The summed E-state index contributed by atoms with van der Waals surface area (Å²) in [6.45, 7) is 0.492. The third-order valence-electron chi connectivity index (χ3n) is 3.53. The number of benzene rings is 2. The molecule has 0 aliphatic rings. The maximum Gasteiger partial charge on any atom is 0.224 e. The highest BCUT2D eigenvalue weighted by Gasteiger charge is 2.05. The predicted octanol–water partition coefficient (Wildman–Crippen LogP) is 3.09. The van der Waals surface area contributed by atoms with Crippen LogP contribution in [0.4, 0.5) is 0 Å². The summed E-state index contributed by atoms with van der Waals surface area (Å²) < 4.78 is 1.97. The second kappa shape index (κ2) is 6.20. The number of hydrogen-bond acceptors (Lipinski definition) is 2. The highest BCUT2D eigenvalue weighted by atomic mass is 35.5. The van der Waals surface area contributed by atoms with Crippen LogP contribution in [-0.4, -0.2) is 15.5 Å². The zero-order valence-corrected chi connectivity index (χ0v) is 13.0. The Hall–Kier alpha value is -2.33. The van der Waals surface area contributed by atoms with Crippen molar-refractivity contribution in [1.29, 1.82) is 0 Å². The number of carbonyl (C=O) groups excluding carboxylic acids is 1. The Morgan fingerprint density at radius 3 is 2.91 bits per heavy atom. The van der Waals surface area contributed by atoms with Crippen molar-refractivity contribution >= 4 is 28.5 Å². The number of nitrogens with zero attached hydrogens (tertiary/aromatic N) is 2. The van der Waals surface area contributed by atoms with Crippen LogP contribution in [0.15, 0.2) is 48.8 Å². The topological polar surface area (TPSA) is 46.9 Å². The summed E-state index contributed by atoms with van der Waals surface area (Å²) in [5.74, 6) is -0.0246. The van der Waals surface area contributed by atoms with Crippen LogP contribution in [0.2, 0.25) is 5.02 Å². The summed E-state index contributed by atoms with van der Waals surface area (Å²) in [7, 11) is 1.96. The molecule has 0 saturated heterocycles. The molecule has 0 atom stereocenters. The first-order chi connectivity index (χ1) is 10.6. The normalized spacial score (nSPS) is 10.8. The summed E-state index contributed by atoms with van der Waals surface area (Å²) in [5, 5.41) is 3.57. The molecule has 3 aromatic rings. The Labute approximate surface area is 133 Å². The lowest BCUT2D eigenvalue weighted by atomic mass is 10.1. The van der Waals surface area contributed by atoms with Gasteiger partial charge in [-0.1, -0.05) is 29.8 Å². The van der Waals surface area contributed by atoms with Gasteiger partial charge < -0.3 is 9.88 Å². The summed E-state index contributed by atoms with van der Waals surface area (Å²) in [6.07, 6.45) is 2.11. The molecule has 4 nitrogen and oxygen atoms in total. The van der Waals surface area contributed by atoms with Crippen molar-refractivity contribution in [1.82, 2.24) is 14.9 Å². The van der Waals surface area contributed by atoms with Crippen LogP contribution in [0.5, 0.6) is 0 Å². The van der Waals surface area contributed by atoms with Crippen molar-refractivity contribution < 1.29 is 4.79 Å². The molecule has 0 fully saturated rings. The van der Waals surface area contributed by atoms with Crippen molar-refractivity contribution in [3.63, 3.8) is 0 Å². The number of rotatable bonds is 4. The van der Waals surface area contributed by atoms with Crippen molar-refractivity contribution in [3.05, 3.63) is 64.9 Å². The summed E-state index contributed by atoms with van der Waals surface area (Å²) >= 11 is 5.92. The zero-order valence-electron chi connectivity index (χ0n) is 12.2. The number of nitrogens with one attached hydrogen (secondary N) is 1. The molecule has 112 valence electrons. The van der Waals surface area contributed by atoms with Gasteiger partial charge in [-0.25, -0.2) is 4.98 Å². The van der Waals surface area contributed by atoms with Gasteiger partial charge in [0.25, 0.3) is 0 Å². The van der Waals surface area contributed by atoms with Gasteiger partial charge in [-0.3, -0.25) is 4.79 Å². The third kappa shape index (κ3) is 3.28. The number of hydrogen-bond donors (Lipinski definition) is 1. The fraction of sp³-hybridized carbons (Fsp3) is 0.176. The second-order valence-electron chi connectivity index (χ2n) is 5.26. The van der Waals surface area contributed by atoms with Crippen LogP contribution in [0, 0.1) is 0 Å². The molecule has 1 aromatic heterocycles. The van der Waals surface area contributed by atoms with Gasteiger partial charge in [-0.2, -0.15) is 0 Å². The molecule has 22 heavy (non-hydrogen) atoms. The van der Waals surface area contributed by atoms with Gasteiger partial charge in [0.2, 0.25) is 5.91 Å². The highest BCUT2D eigenvalue weighted by Crippen LogP contribution is 2.14. The Balaban J connectivity index is 1.62. The monoisotopic (exact) mass is 313 g/mol. The molecule has 0 unspecified atom stereocenters. The number of carbonyl (C=O) groups is 1. The molecule has 1 N–H and O–H groups in total. The lowest BCUT2D eigenvalue weighted by molar-refractivity contribution is -0.120. The van der Waals surface area contributed by atoms with E-state index in [0.29, 0.717) is 18.0 Å². The molecule has 0 spiro atoms. The lowest BCUT2D eigenvalue weighted by Crippen LogP contribution is -2.24. The maximum absolute atomic E-state index is 12.0. The average molecular weight is 314 g/mol. The van der Waals surface area contributed by atoms with E-state index in [9.17, 15) is 4.79 Å². The van der Waals surface area contributed by atoms with E-state index in [1.807, 2.05) is 41.9 Å². The molecule has 1 heterocycles. The Morgan fingerprint density at radius 1 is 1.23 bits per heavy atom. The van der Waals surface area contributed by atoms with Crippen LogP contribution in [0.3, 0.4) is 0 Å². The minimum Gasteiger partial charge on any atom is -0.352 e. The Morgan fingerprint density at radius 2 is 2.09 bits per heavy atom. The predicted molar refractivity (Wildman–Crippen MR) is 87.7 cm³/mol. The molecule has 5 heteroatoms. The van der Waals surface area contributed by atoms with E-state index >= 15 is 0 Å². The molecular formula is C17H16ClN3O. The van der Waals surface area contributed by atoms with Crippen LogP contribution in [-0.2, 0) is 24.8 Å². The van der Waals surface area contributed by atoms with Gasteiger partial charge in [0.1, 0.15) is 0 Å². The van der Waals surface area contributed by atoms with Crippen molar-refractivity contribution in [2.75, 3.05) is 0 Å². The molecule has 3 rings (SSSR count). The first kappa shape index (κ1) is 14.6. The Bertz CT molecular complexity index is 826. The molecule has 2 aromatic carbocycles. The van der Waals surface area contributed by atoms with E-state index < -0.39 is 0 Å². The largest absolute Gasteiger partial charge is 0.352 e. The molecule has 0 bridgehead atoms. The van der Waals surface area contributed by atoms with Gasteiger partial charge in [-0.05, 0) is 35.4 Å². The quantitative estimate of drug-likeness (QED) is 0.804. The number of aromatic nitrogens is 2. The summed E-state index contributed by atoms with van der Waals surface area (Å²) in [5.41, 5.74) is 3.95. The zero-order chi connectivity index (χ0) is 15.5. The van der Waals surface area contributed by atoms with Gasteiger partial charge >= 0.3 is 0 Å². The number of fused-ring (bicyclic) bond motifs is 1. The van der Waals surface area contributed by atoms with E-state index in [4.69, 9.17) is 11.6 Å².